The Labute approximate surface area is 147 Å². The Morgan fingerprint density at radius 3 is 2.72 bits per heavy atom. The number of hydrogen-bond donors (Lipinski definition) is 0. The quantitative estimate of drug-likeness (QED) is 0.839. The van der Waals surface area contributed by atoms with Gasteiger partial charge in [-0.15, -0.1) is 0 Å². The molecule has 1 amide bonds. The largest absolute Gasteiger partial charge is 0.423 e. The molecule has 3 heterocycles. The van der Waals surface area contributed by atoms with Gasteiger partial charge in [0, 0.05) is 25.6 Å². The number of aromatic nitrogens is 1. The molecule has 2 aliphatic heterocycles. The SMILES string of the molecule is CC1CN(C(=O)C2CCN(c3nc4ccccc4o3)CC2)C(C)CO1. The van der Waals surface area contributed by atoms with Crippen molar-refractivity contribution in [3.8, 4) is 0 Å². The third-order valence-electron chi connectivity index (χ3n) is 5.29. The fourth-order valence-electron chi connectivity index (χ4n) is 3.76. The molecule has 0 radical (unpaired) electrons. The van der Waals surface area contributed by atoms with Gasteiger partial charge in [-0.2, -0.15) is 4.98 Å². The van der Waals surface area contributed by atoms with Gasteiger partial charge in [-0.3, -0.25) is 4.79 Å². The molecule has 2 saturated heterocycles. The van der Waals surface area contributed by atoms with Gasteiger partial charge < -0.3 is 19.0 Å². The molecule has 6 nitrogen and oxygen atoms in total. The van der Waals surface area contributed by atoms with Crippen LogP contribution in [0.2, 0.25) is 0 Å². The highest BCUT2D eigenvalue weighted by Gasteiger charge is 2.34. The van der Waals surface area contributed by atoms with Crippen molar-refractivity contribution < 1.29 is 13.9 Å². The van der Waals surface area contributed by atoms with Crippen LogP contribution >= 0.6 is 0 Å². The fraction of sp³-hybridized carbons (Fsp3) is 0.579. The summed E-state index contributed by atoms with van der Waals surface area (Å²) in [5.74, 6) is 0.369. The van der Waals surface area contributed by atoms with E-state index >= 15 is 0 Å². The highest BCUT2D eigenvalue weighted by Crippen LogP contribution is 2.28. The van der Waals surface area contributed by atoms with E-state index in [-0.39, 0.29) is 24.0 Å². The van der Waals surface area contributed by atoms with Crippen molar-refractivity contribution in [3.63, 3.8) is 0 Å². The summed E-state index contributed by atoms with van der Waals surface area (Å²) in [4.78, 5) is 21.6. The lowest BCUT2D eigenvalue weighted by molar-refractivity contribution is -0.148. The topological polar surface area (TPSA) is 58.8 Å². The van der Waals surface area contributed by atoms with Crippen LogP contribution in [0.3, 0.4) is 0 Å². The zero-order chi connectivity index (χ0) is 17.4. The molecule has 0 spiro atoms. The molecule has 2 fully saturated rings. The van der Waals surface area contributed by atoms with E-state index in [1.54, 1.807) is 0 Å². The van der Waals surface area contributed by atoms with Gasteiger partial charge in [0.1, 0.15) is 5.52 Å². The Morgan fingerprint density at radius 1 is 1.20 bits per heavy atom. The second-order valence-corrected chi connectivity index (χ2v) is 7.21. The minimum atomic E-state index is 0.0911. The standard InChI is InChI=1S/C19H25N3O3/c1-13-12-24-14(2)11-22(13)18(23)15-7-9-21(10-8-15)19-20-16-5-3-4-6-17(16)25-19/h3-6,13-15H,7-12H2,1-2H3. The van der Waals surface area contributed by atoms with Crippen molar-refractivity contribution in [3.05, 3.63) is 24.3 Å². The van der Waals surface area contributed by atoms with Crippen molar-refractivity contribution >= 4 is 23.0 Å². The Morgan fingerprint density at radius 2 is 1.96 bits per heavy atom. The Hall–Kier alpha value is -2.08. The van der Waals surface area contributed by atoms with Crippen LogP contribution in [0, 0.1) is 5.92 Å². The van der Waals surface area contributed by atoms with Crippen LogP contribution in [0.4, 0.5) is 6.01 Å². The van der Waals surface area contributed by atoms with E-state index in [9.17, 15) is 4.79 Å². The lowest BCUT2D eigenvalue weighted by atomic mass is 9.94. The normalized spacial score (nSPS) is 25.5. The Bertz CT molecular complexity index is 718. The van der Waals surface area contributed by atoms with Crippen molar-refractivity contribution in [2.45, 2.75) is 38.8 Å². The number of carbonyl (C=O) groups excluding carboxylic acids is 1. The van der Waals surface area contributed by atoms with E-state index in [1.165, 1.54) is 0 Å². The number of amides is 1. The van der Waals surface area contributed by atoms with Gasteiger partial charge in [-0.25, -0.2) is 0 Å². The summed E-state index contributed by atoms with van der Waals surface area (Å²) < 4.78 is 11.5. The summed E-state index contributed by atoms with van der Waals surface area (Å²) >= 11 is 0. The molecule has 0 N–H and O–H groups in total. The molecule has 4 rings (SSSR count). The number of oxazole rings is 1. The molecular weight excluding hydrogens is 318 g/mol. The molecular formula is C19H25N3O3. The number of piperidine rings is 1. The van der Waals surface area contributed by atoms with Gasteiger partial charge in [0.2, 0.25) is 5.91 Å². The van der Waals surface area contributed by atoms with E-state index in [0.717, 1.165) is 37.0 Å². The Kier molecular flexibility index (Phi) is 4.37. The average Bonchev–Trinajstić information content (AvgIpc) is 3.07. The van der Waals surface area contributed by atoms with Gasteiger partial charge in [-0.1, -0.05) is 12.1 Å². The second kappa shape index (κ2) is 6.67. The molecule has 0 saturated carbocycles. The number of benzene rings is 1. The molecule has 0 bridgehead atoms. The molecule has 134 valence electrons. The number of anilines is 1. The van der Waals surface area contributed by atoms with E-state index in [2.05, 4.69) is 16.8 Å². The second-order valence-electron chi connectivity index (χ2n) is 7.21. The lowest BCUT2D eigenvalue weighted by Crippen LogP contribution is -2.53. The molecule has 6 heteroatoms. The Balaban J connectivity index is 1.40. The van der Waals surface area contributed by atoms with Crippen molar-refractivity contribution in [2.24, 2.45) is 5.92 Å². The van der Waals surface area contributed by atoms with Crippen LogP contribution in [0.25, 0.3) is 11.1 Å². The van der Waals surface area contributed by atoms with Crippen molar-refractivity contribution in [1.29, 1.82) is 0 Å². The highest BCUT2D eigenvalue weighted by molar-refractivity contribution is 5.80. The number of hydrogen-bond acceptors (Lipinski definition) is 5. The monoisotopic (exact) mass is 343 g/mol. The van der Waals surface area contributed by atoms with Gasteiger partial charge >= 0.3 is 0 Å². The zero-order valence-electron chi connectivity index (χ0n) is 14.9. The van der Waals surface area contributed by atoms with Crippen molar-refractivity contribution in [2.75, 3.05) is 31.1 Å². The summed E-state index contributed by atoms with van der Waals surface area (Å²) in [6.45, 7) is 7.04. The van der Waals surface area contributed by atoms with Crippen LogP contribution in [0.15, 0.2) is 28.7 Å². The minimum absolute atomic E-state index is 0.0911. The smallest absolute Gasteiger partial charge is 0.298 e. The molecule has 2 aromatic rings. The number of rotatable bonds is 2. The predicted molar refractivity (Wildman–Crippen MR) is 95.5 cm³/mol. The van der Waals surface area contributed by atoms with Gasteiger partial charge in [0.25, 0.3) is 6.01 Å². The van der Waals surface area contributed by atoms with E-state index in [4.69, 9.17) is 9.15 Å². The van der Waals surface area contributed by atoms with Crippen LogP contribution in [-0.2, 0) is 9.53 Å². The molecule has 0 aliphatic carbocycles. The number of para-hydroxylation sites is 2. The summed E-state index contributed by atoms with van der Waals surface area (Å²) in [7, 11) is 0. The minimum Gasteiger partial charge on any atom is -0.423 e. The van der Waals surface area contributed by atoms with E-state index in [1.807, 2.05) is 36.1 Å². The first kappa shape index (κ1) is 16.4. The first-order chi connectivity index (χ1) is 12.1. The van der Waals surface area contributed by atoms with Crippen LogP contribution < -0.4 is 4.90 Å². The first-order valence-corrected chi connectivity index (χ1v) is 9.14. The fourth-order valence-corrected chi connectivity index (χ4v) is 3.76. The van der Waals surface area contributed by atoms with Gasteiger partial charge in [0.05, 0.1) is 18.8 Å². The number of morpholine rings is 1. The van der Waals surface area contributed by atoms with Crippen LogP contribution in [-0.4, -0.2) is 54.2 Å². The molecule has 25 heavy (non-hydrogen) atoms. The summed E-state index contributed by atoms with van der Waals surface area (Å²) in [5.41, 5.74) is 1.69. The maximum Gasteiger partial charge on any atom is 0.298 e. The third kappa shape index (κ3) is 3.23. The molecule has 2 unspecified atom stereocenters. The summed E-state index contributed by atoms with van der Waals surface area (Å²) in [6, 6.07) is 8.64. The number of carbonyl (C=O) groups is 1. The van der Waals surface area contributed by atoms with Gasteiger partial charge in [-0.05, 0) is 38.8 Å². The molecule has 2 aliphatic rings. The lowest BCUT2D eigenvalue weighted by Gasteiger charge is -2.40. The molecule has 1 aromatic heterocycles. The van der Waals surface area contributed by atoms with Crippen LogP contribution in [0.5, 0.6) is 0 Å². The number of nitrogens with zero attached hydrogens (tertiary/aromatic N) is 3. The maximum absolute atomic E-state index is 12.9. The maximum atomic E-state index is 12.9. The summed E-state index contributed by atoms with van der Waals surface area (Å²) in [6.07, 6.45) is 1.81. The molecule has 1 aromatic carbocycles. The number of ether oxygens (including phenoxy) is 1. The summed E-state index contributed by atoms with van der Waals surface area (Å²) in [5, 5.41) is 0. The van der Waals surface area contributed by atoms with Gasteiger partial charge in [0.15, 0.2) is 5.58 Å². The third-order valence-corrected chi connectivity index (χ3v) is 5.29. The first-order valence-electron chi connectivity index (χ1n) is 9.14. The van der Waals surface area contributed by atoms with E-state index < -0.39 is 0 Å². The number of fused-ring (bicyclic) bond motifs is 1. The van der Waals surface area contributed by atoms with Crippen LogP contribution in [0.1, 0.15) is 26.7 Å². The highest BCUT2D eigenvalue weighted by atomic mass is 16.5. The average molecular weight is 343 g/mol. The van der Waals surface area contributed by atoms with E-state index in [0.29, 0.717) is 19.2 Å². The van der Waals surface area contributed by atoms with Crippen molar-refractivity contribution in [1.82, 2.24) is 9.88 Å². The molecule has 2 atom stereocenters. The zero-order valence-corrected chi connectivity index (χ0v) is 14.9. The predicted octanol–water partition coefficient (Wildman–Crippen LogP) is 2.68.